The second-order valence-electron chi connectivity index (χ2n) is 6.00. The molecule has 1 aliphatic rings. The van der Waals surface area contributed by atoms with Gasteiger partial charge in [-0.25, -0.2) is 4.79 Å². The molecule has 0 bridgehead atoms. The topological polar surface area (TPSA) is 167 Å². The van der Waals surface area contributed by atoms with Crippen LogP contribution >= 0.6 is 11.8 Å². The van der Waals surface area contributed by atoms with Crippen molar-refractivity contribution in [1.29, 1.82) is 0 Å². The third-order valence-electron chi connectivity index (χ3n) is 3.82. The number of para-hydroxylation sites is 1. The van der Waals surface area contributed by atoms with Crippen LogP contribution in [0.1, 0.15) is 12.5 Å². The zero-order valence-electron chi connectivity index (χ0n) is 17.1. The number of phenols is 1. The molecule has 0 radical (unpaired) electrons. The maximum absolute atomic E-state index is 11.3. The second-order valence-corrected chi connectivity index (χ2v) is 6.97. The number of methoxy groups -OCH3 is 1. The molecule has 0 saturated carbocycles. The number of thioether (sulfide) groups is 1. The maximum Gasteiger partial charge on any atom is 2.00 e. The Morgan fingerprint density at radius 1 is 1.13 bits per heavy atom. The summed E-state index contributed by atoms with van der Waals surface area (Å²) in [7, 11) is 1.62. The molecule has 2 rings (SSSR count). The molecule has 0 fully saturated rings. The van der Waals surface area contributed by atoms with Gasteiger partial charge in [0.05, 0.1) is 38.6 Å². The van der Waals surface area contributed by atoms with Crippen LogP contribution < -0.4 is 4.74 Å². The van der Waals surface area contributed by atoms with E-state index in [1.165, 1.54) is 11.8 Å². The van der Waals surface area contributed by atoms with Gasteiger partial charge in [0.15, 0.2) is 17.0 Å². The third-order valence-corrected chi connectivity index (χ3v) is 5.11. The Morgan fingerprint density at radius 2 is 1.73 bits per heavy atom. The van der Waals surface area contributed by atoms with Crippen molar-refractivity contribution in [2.75, 3.05) is 52.5 Å². The summed E-state index contributed by atoms with van der Waals surface area (Å²) in [5, 5.41) is 20.2. The first-order valence-electron chi connectivity index (χ1n) is 8.53. The summed E-state index contributed by atoms with van der Waals surface area (Å²) >= 11 is 1.30. The standard InChI is InChI=1S/C18H25NO7S.Mg.2H2O/c1-18(17(21)22)12-27-16(19-18)13-4-3-5-14(15(13)20)26-11-10-25-9-8-24-7-6-23-2;;;/h3-5,20H,6-12H2,1-2H3,(H,21,22);;2*1H2/q;+2;;/p-2. The summed E-state index contributed by atoms with van der Waals surface area (Å²) < 4.78 is 21.1. The molecule has 0 amide bonds. The van der Waals surface area contributed by atoms with E-state index in [1.807, 2.05) is 0 Å². The van der Waals surface area contributed by atoms with Crippen molar-refractivity contribution in [3.63, 3.8) is 0 Å². The van der Waals surface area contributed by atoms with E-state index in [9.17, 15) is 15.0 Å². The molecule has 1 unspecified atom stereocenters. The third kappa shape index (κ3) is 8.94. The summed E-state index contributed by atoms with van der Waals surface area (Å²) in [6.07, 6.45) is 0. The molecular formula is C18H27MgNO9S. The number of rotatable bonds is 12. The van der Waals surface area contributed by atoms with Crippen molar-refractivity contribution in [2.24, 2.45) is 4.99 Å². The summed E-state index contributed by atoms with van der Waals surface area (Å²) in [5.74, 6) is -0.413. The zero-order valence-corrected chi connectivity index (χ0v) is 19.3. The Bertz CT molecular complexity index is 677. The molecule has 1 aromatic rings. The number of phenolic OH excluding ortho intramolecular Hbond substituents is 1. The molecule has 10 nitrogen and oxygen atoms in total. The molecule has 166 valence electrons. The van der Waals surface area contributed by atoms with E-state index in [0.29, 0.717) is 55.1 Å². The smallest absolute Gasteiger partial charge is 0.870 e. The van der Waals surface area contributed by atoms with Crippen molar-refractivity contribution in [1.82, 2.24) is 0 Å². The van der Waals surface area contributed by atoms with Crippen LogP contribution in [0.2, 0.25) is 0 Å². The molecule has 1 atom stereocenters. The first kappa shape index (κ1) is 31.1. The van der Waals surface area contributed by atoms with Gasteiger partial charge in [0, 0.05) is 12.9 Å². The summed E-state index contributed by atoms with van der Waals surface area (Å²) in [6, 6.07) is 5.06. The molecule has 30 heavy (non-hydrogen) atoms. The van der Waals surface area contributed by atoms with Crippen molar-refractivity contribution in [3.05, 3.63) is 23.8 Å². The summed E-state index contributed by atoms with van der Waals surface area (Å²) in [6.45, 7) is 4.17. The SMILES string of the molecule is COCCOCCOCCOc1cccc(C2=NC(C)(C(=O)O)CS2)c1O.[Mg+2].[OH-].[OH-]. The van der Waals surface area contributed by atoms with E-state index in [1.54, 1.807) is 32.2 Å². The normalized spacial score (nSPS) is 17.2. The monoisotopic (exact) mass is 457 g/mol. The van der Waals surface area contributed by atoms with Gasteiger partial charge in [-0.1, -0.05) is 6.07 Å². The van der Waals surface area contributed by atoms with Gasteiger partial charge >= 0.3 is 29.0 Å². The van der Waals surface area contributed by atoms with E-state index in [-0.39, 0.29) is 46.4 Å². The minimum Gasteiger partial charge on any atom is -0.870 e. The molecular weight excluding hydrogens is 431 g/mol. The van der Waals surface area contributed by atoms with Crippen LogP contribution in [0.3, 0.4) is 0 Å². The number of carboxylic acid groups (broad SMARTS) is 1. The van der Waals surface area contributed by atoms with Crippen molar-refractivity contribution in [3.8, 4) is 11.5 Å². The molecule has 1 heterocycles. The van der Waals surface area contributed by atoms with Crippen LogP contribution in [0.4, 0.5) is 0 Å². The number of benzene rings is 1. The van der Waals surface area contributed by atoms with Gasteiger partial charge in [-0.15, -0.1) is 11.8 Å². The Balaban J connectivity index is 0. The molecule has 0 saturated heterocycles. The average Bonchev–Trinajstić information content (AvgIpc) is 3.05. The van der Waals surface area contributed by atoms with Crippen molar-refractivity contribution < 1.29 is 44.9 Å². The fourth-order valence-electron chi connectivity index (χ4n) is 2.23. The van der Waals surface area contributed by atoms with Crippen LogP contribution in [0.25, 0.3) is 0 Å². The predicted octanol–water partition coefficient (Wildman–Crippen LogP) is 1.05. The maximum atomic E-state index is 11.3. The number of carboxylic acids is 1. The molecule has 0 aromatic heterocycles. The van der Waals surface area contributed by atoms with Crippen LogP contribution in [-0.2, 0) is 19.0 Å². The number of aliphatic carboxylic acids is 1. The molecule has 0 aliphatic carbocycles. The molecule has 12 heteroatoms. The Morgan fingerprint density at radius 3 is 2.30 bits per heavy atom. The number of aliphatic imine (C=N–C) groups is 1. The minimum absolute atomic E-state index is 0. The van der Waals surface area contributed by atoms with Gasteiger partial charge < -0.3 is 40.1 Å². The molecule has 1 aromatic carbocycles. The Hall–Kier alpha value is -1.12. The molecule has 0 spiro atoms. The minimum atomic E-state index is -1.18. The first-order chi connectivity index (χ1) is 13.0. The Labute approximate surface area is 195 Å². The van der Waals surface area contributed by atoms with Crippen molar-refractivity contribution in [2.45, 2.75) is 12.5 Å². The summed E-state index contributed by atoms with van der Waals surface area (Å²) in [4.78, 5) is 15.6. The number of nitrogens with zero attached hydrogens (tertiary/aromatic N) is 1. The van der Waals surface area contributed by atoms with Gasteiger partial charge in [-0.2, -0.15) is 0 Å². The van der Waals surface area contributed by atoms with E-state index < -0.39 is 11.5 Å². The molecule has 4 N–H and O–H groups in total. The van der Waals surface area contributed by atoms with Crippen LogP contribution in [0.15, 0.2) is 23.2 Å². The number of aromatic hydroxyl groups is 1. The van der Waals surface area contributed by atoms with Crippen LogP contribution in [0.5, 0.6) is 11.5 Å². The van der Waals surface area contributed by atoms with Crippen molar-refractivity contribution >= 4 is 45.8 Å². The largest absolute Gasteiger partial charge is 2.00 e. The van der Waals surface area contributed by atoms with E-state index >= 15 is 0 Å². The van der Waals surface area contributed by atoms with Gasteiger partial charge in [0.1, 0.15) is 11.7 Å². The number of hydrogen-bond acceptors (Lipinski definition) is 10. The molecule has 1 aliphatic heterocycles. The fraction of sp³-hybridized carbons (Fsp3) is 0.556. The first-order valence-corrected chi connectivity index (χ1v) is 9.52. The number of carbonyl (C=O) groups is 1. The van der Waals surface area contributed by atoms with Gasteiger partial charge in [-0.05, 0) is 19.1 Å². The van der Waals surface area contributed by atoms with Crippen LogP contribution in [-0.4, -0.2) is 113 Å². The van der Waals surface area contributed by atoms with E-state index in [4.69, 9.17) is 18.9 Å². The Kier molecular flexibility index (Phi) is 16.2. The quantitative estimate of drug-likeness (QED) is 0.342. The van der Waals surface area contributed by atoms with E-state index in [2.05, 4.69) is 4.99 Å². The summed E-state index contributed by atoms with van der Waals surface area (Å²) in [5.41, 5.74) is -0.711. The zero-order chi connectivity index (χ0) is 19.7. The van der Waals surface area contributed by atoms with Gasteiger partial charge in [0.2, 0.25) is 0 Å². The second kappa shape index (κ2) is 15.6. The number of hydrogen-bond donors (Lipinski definition) is 2. The van der Waals surface area contributed by atoms with Gasteiger partial charge in [0.25, 0.3) is 0 Å². The predicted molar refractivity (Wildman–Crippen MR) is 112 cm³/mol. The van der Waals surface area contributed by atoms with Crippen LogP contribution in [0, 0.1) is 0 Å². The average molecular weight is 458 g/mol. The van der Waals surface area contributed by atoms with Gasteiger partial charge in [-0.3, -0.25) is 4.99 Å². The fourth-order valence-corrected chi connectivity index (χ4v) is 3.42. The van der Waals surface area contributed by atoms with E-state index in [0.717, 1.165) is 0 Å². The number of ether oxygens (including phenoxy) is 4.